The monoisotopic (exact) mass is 210 g/mol. The molecule has 76 valence electrons. The van der Waals surface area contributed by atoms with E-state index in [-0.39, 0.29) is 11.3 Å². The van der Waals surface area contributed by atoms with E-state index < -0.39 is 11.7 Å². The number of benzene rings is 1. The summed E-state index contributed by atoms with van der Waals surface area (Å²) in [5.74, 6) is 4.00. The number of alkyl halides is 3. The molecular formula is C10H5F3N2. The highest BCUT2D eigenvalue weighted by molar-refractivity contribution is 5.53. The van der Waals surface area contributed by atoms with Gasteiger partial charge in [-0.1, -0.05) is 5.92 Å². The maximum absolute atomic E-state index is 12.4. The molecule has 1 aromatic rings. The zero-order valence-corrected chi connectivity index (χ0v) is 7.39. The van der Waals surface area contributed by atoms with Crippen molar-refractivity contribution in [1.82, 2.24) is 0 Å². The Balaban J connectivity index is 3.35. The highest BCUT2D eigenvalue weighted by atomic mass is 19.4. The van der Waals surface area contributed by atoms with Crippen LogP contribution in [-0.4, -0.2) is 0 Å². The molecule has 0 aliphatic rings. The molecule has 0 unspecified atom stereocenters. The minimum absolute atomic E-state index is 0.172. The number of nitrogen functional groups attached to an aromatic ring is 1. The van der Waals surface area contributed by atoms with E-state index in [4.69, 9.17) is 11.0 Å². The van der Waals surface area contributed by atoms with Gasteiger partial charge in [-0.25, -0.2) is 0 Å². The molecule has 0 aliphatic heterocycles. The van der Waals surface area contributed by atoms with E-state index in [1.54, 1.807) is 0 Å². The summed E-state index contributed by atoms with van der Waals surface area (Å²) in [4.78, 5) is 0. The van der Waals surface area contributed by atoms with Crippen molar-refractivity contribution in [2.24, 2.45) is 0 Å². The number of nitrogens with zero attached hydrogens (tertiary/aromatic N) is 1. The van der Waals surface area contributed by atoms with Gasteiger partial charge in [-0.3, -0.25) is 0 Å². The SMILES string of the molecule is N#CC#Cc1cc(N)ccc1C(F)(F)F. The minimum atomic E-state index is -4.49. The van der Waals surface area contributed by atoms with Crippen LogP contribution in [-0.2, 0) is 6.18 Å². The van der Waals surface area contributed by atoms with Crippen molar-refractivity contribution in [2.45, 2.75) is 6.18 Å². The van der Waals surface area contributed by atoms with Gasteiger partial charge in [0.2, 0.25) is 0 Å². The number of anilines is 1. The maximum Gasteiger partial charge on any atom is 0.417 e. The summed E-state index contributed by atoms with van der Waals surface area (Å²) in [6.07, 6.45) is -4.49. The summed E-state index contributed by atoms with van der Waals surface area (Å²) in [6, 6.07) is 4.52. The third-order valence-corrected chi connectivity index (χ3v) is 1.60. The summed E-state index contributed by atoms with van der Waals surface area (Å²) in [6.45, 7) is 0. The van der Waals surface area contributed by atoms with Gasteiger partial charge in [0.15, 0.2) is 6.07 Å². The Bertz CT molecular complexity index is 472. The first-order valence-corrected chi connectivity index (χ1v) is 3.82. The summed E-state index contributed by atoms with van der Waals surface area (Å²) < 4.78 is 37.2. The van der Waals surface area contributed by atoms with Crippen LogP contribution in [0.2, 0.25) is 0 Å². The number of rotatable bonds is 0. The molecule has 0 fully saturated rings. The molecule has 15 heavy (non-hydrogen) atoms. The van der Waals surface area contributed by atoms with Crippen LogP contribution in [0.1, 0.15) is 11.1 Å². The normalized spacial score (nSPS) is 10.0. The Hall–Kier alpha value is -2.14. The highest BCUT2D eigenvalue weighted by Gasteiger charge is 2.32. The summed E-state index contributed by atoms with van der Waals surface area (Å²) in [5.41, 5.74) is 4.32. The van der Waals surface area contributed by atoms with Crippen molar-refractivity contribution in [1.29, 1.82) is 5.26 Å². The van der Waals surface area contributed by atoms with Gasteiger partial charge in [0.25, 0.3) is 0 Å². The molecule has 2 N–H and O–H groups in total. The van der Waals surface area contributed by atoms with E-state index in [9.17, 15) is 13.2 Å². The molecule has 0 amide bonds. The largest absolute Gasteiger partial charge is 0.417 e. The second-order valence-corrected chi connectivity index (χ2v) is 2.66. The maximum atomic E-state index is 12.4. The smallest absolute Gasteiger partial charge is 0.399 e. The Kier molecular flexibility index (Phi) is 2.87. The topological polar surface area (TPSA) is 49.8 Å². The van der Waals surface area contributed by atoms with E-state index in [2.05, 4.69) is 5.92 Å². The molecule has 0 atom stereocenters. The van der Waals surface area contributed by atoms with E-state index in [0.717, 1.165) is 18.2 Å². The van der Waals surface area contributed by atoms with Gasteiger partial charge >= 0.3 is 6.18 Å². The molecule has 1 rings (SSSR count). The molecule has 0 aliphatic carbocycles. The first kappa shape index (κ1) is 10.9. The fourth-order valence-electron chi connectivity index (χ4n) is 1.01. The predicted octanol–water partition coefficient (Wildman–Crippen LogP) is 2.16. The second-order valence-electron chi connectivity index (χ2n) is 2.66. The van der Waals surface area contributed by atoms with Crippen LogP contribution in [0.25, 0.3) is 0 Å². The third-order valence-electron chi connectivity index (χ3n) is 1.60. The van der Waals surface area contributed by atoms with Crippen LogP contribution < -0.4 is 5.73 Å². The molecule has 0 heterocycles. The number of nitrogens with two attached hydrogens (primary N) is 1. The standard InChI is InChI=1S/C10H5F3N2/c11-10(12,13)9-4-3-8(15)6-7(9)2-1-5-14/h3-4,6H,15H2. The van der Waals surface area contributed by atoms with Crippen molar-refractivity contribution in [3.8, 4) is 17.9 Å². The molecule has 0 aromatic heterocycles. The number of hydrogen-bond acceptors (Lipinski definition) is 2. The lowest BCUT2D eigenvalue weighted by Crippen LogP contribution is -2.08. The Morgan fingerprint density at radius 2 is 1.93 bits per heavy atom. The van der Waals surface area contributed by atoms with Crippen molar-refractivity contribution >= 4 is 5.69 Å². The van der Waals surface area contributed by atoms with Crippen molar-refractivity contribution in [2.75, 3.05) is 5.73 Å². The van der Waals surface area contributed by atoms with Crippen LogP contribution in [0, 0.1) is 23.2 Å². The molecule has 1 aromatic carbocycles. The molecule has 2 nitrogen and oxygen atoms in total. The lowest BCUT2D eigenvalue weighted by atomic mass is 10.1. The third kappa shape index (κ3) is 2.65. The van der Waals surface area contributed by atoms with Crippen molar-refractivity contribution in [3.63, 3.8) is 0 Å². The van der Waals surface area contributed by atoms with Crippen LogP contribution >= 0.6 is 0 Å². The first-order valence-electron chi connectivity index (χ1n) is 3.82. The Morgan fingerprint density at radius 3 is 2.47 bits per heavy atom. The van der Waals surface area contributed by atoms with Gasteiger partial charge in [0.1, 0.15) is 0 Å². The van der Waals surface area contributed by atoms with Gasteiger partial charge in [0, 0.05) is 17.2 Å². The first-order chi connectivity index (χ1) is 6.95. The average Bonchev–Trinajstić information content (AvgIpc) is 2.12. The number of halogens is 3. The van der Waals surface area contributed by atoms with Gasteiger partial charge in [-0.15, -0.1) is 0 Å². The molecule has 0 saturated heterocycles. The van der Waals surface area contributed by atoms with Crippen LogP contribution in [0.3, 0.4) is 0 Å². The molecule has 5 heteroatoms. The highest BCUT2D eigenvalue weighted by Crippen LogP contribution is 2.32. The molecular weight excluding hydrogens is 205 g/mol. The summed E-state index contributed by atoms with van der Waals surface area (Å²) in [5, 5.41) is 8.15. The van der Waals surface area contributed by atoms with Gasteiger partial charge in [-0.05, 0) is 18.2 Å². The molecule has 0 saturated carbocycles. The van der Waals surface area contributed by atoms with E-state index in [1.165, 1.54) is 6.07 Å². The predicted molar refractivity (Wildman–Crippen MR) is 48.3 cm³/mol. The lowest BCUT2D eigenvalue weighted by molar-refractivity contribution is -0.137. The fourth-order valence-corrected chi connectivity index (χ4v) is 1.01. The second kappa shape index (κ2) is 3.93. The Labute approximate surface area is 84.1 Å². The van der Waals surface area contributed by atoms with E-state index >= 15 is 0 Å². The molecule has 0 bridgehead atoms. The molecule has 0 spiro atoms. The Morgan fingerprint density at radius 1 is 1.27 bits per heavy atom. The van der Waals surface area contributed by atoms with Crippen LogP contribution in [0.5, 0.6) is 0 Å². The lowest BCUT2D eigenvalue weighted by Gasteiger charge is -2.09. The quantitative estimate of drug-likeness (QED) is 0.527. The average molecular weight is 210 g/mol. The summed E-state index contributed by atoms with van der Waals surface area (Å²) >= 11 is 0. The van der Waals surface area contributed by atoms with Crippen molar-refractivity contribution < 1.29 is 13.2 Å². The number of nitriles is 1. The van der Waals surface area contributed by atoms with Crippen LogP contribution in [0.4, 0.5) is 18.9 Å². The number of hydrogen-bond donors (Lipinski definition) is 1. The van der Waals surface area contributed by atoms with Crippen molar-refractivity contribution in [3.05, 3.63) is 29.3 Å². The summed E-state index contributed by atoms with van der Waals surface area (Å²) in [7, 11) is 0. The fraction of sp³-hybridized carbons (Fsp3) is 0.100. The van der Waals surface area contributed by atoms with E-state index in [1.807, 2.05) is 5.92 Å². The molecule has 0 radical (unpaired) electrons. The van der Waals surface area contributed by atoms with Crippen LogP contribution in [0.15, 0.2) is 18.2 Å². The van der Waals surface area contributed by atoms with Gasteiger partial charge in [-0.2, -0.15) is 18.4 Å². The van der Waals surface area contributed by atoms with E-state index in [0.29, 0.717) is 0 Å². The zero-order chi connectivity index (χ0) is 11.5. The zero-order valence-electron chi connectivity index (χ0n) is 7.39. The van der Waals surface area contributed by atoms with Gasteiger partial charge in [0.05, 0.1) is 5.56 Å². The van der Waals surface area contributed by atoms with Gasteiger partial charge < -0.3 is 5.73 Å². The minimum Gasteiger partial charge on any atom is -0.399 e.